The molecule has 1 saturated carbocycles. The van der Waals surface area contributed by atoms with Gasteiger partial charge in [-0.1, -0.05) is 32.6 Å². The van der Waals surface area contributed by atoms with Gasteiger partial charge in [0.1, 0.15) is 0 Å². The van der Waals surface area contributed by atoms with Crippen LogP contribution in [0.3, 0.4) is 0 Å². The zero-order valence-corrected chi connectivity index (χ0v) is 10.5. The SMILES string of the molecule is CC(CN)CCN(C)C1CCCCCC1. The van der Waals surface area contributed by atoms with E-state index in [-0.39, 0.29) is 0 Å². The lowest BCUT2D eigenvalue weighted by atomic mass is 10.0. The van der Waals surface area contributed by atoms with Crippen molar-refractivity contribution in [2.24, 2.45) is 11.7 Å². The Morgan fingerprint density at radius 1 is 1.20 bits per heavy atom. The molecule has 0 aromatic carbocycles. The third-order valence-electron chi connectivity index (χ3n) is 3.83. The van der Waals surface area contributed by atoms with Crippen molar-refractivity contribution >= 4 is 0 Å². The van der Waals surface area contributed by atoms with Gasteiger partial charge in [0.15, 0.2) is 0 Å². The summed E-state index contributed by atoms with van der Waals surface area (Å²) in [6.07, 6.45) is 9.83. The molecule has 15 heavy (non-hydrogen) atoms. The molecule has 0 aliphatic heterocycles. The van der Waals surface area contributed by atoms with Crippen LogP contribution in [-0.2, 0) is 0 Å². The Balaban J connectivity index is 2.22. The molecule has 0 saturated heterocycles. The summed E-state index contributed by atoms with van der Waals surface area (Å²) in [5, 5.41) is 0. The minimum absolute atomic E-state index is 0.679. The van der Waals surface area contributed by atoms with Crippen molar-refractivity contribution in [3.05, 3.63) is 0 Å². The fraction of sp³-hybridized carbons (Fsp3) is 1.00. The molecule has 0 aromatic heterocycles. The molecular weight excluding hydrogens is 184 g/mol. The number of nitrogens with zero attached hydrogens (tertiary/aromatic N) is 1. The van der Waals surface area contributed by atoms with Crippen LogP contribution in [-0.4, -0.2) is 31.1 Å². The summed E-state index contributed by atoms with van der Waals surface area (Å²) in [5.74, 6) is 0.679. The fourth-order valence-electron chi connectivity index (χ4n) is 2.42. The van der Waals surface area contributed by atoms with Crippen molar-refractivity contribution < 1.29 is 0 Å². The lowest BCUT2D eigenvalue weighted by Crippen LogP contribution is -2.33. The maximum atomic E-state index is 5.64. The average molecular weight is 212 g/mol. The Bertz CT molecular complexity index is 151. The Kier molecular flexibility index (Phi) is 6.26. The summed E-state index contributed by atoms with van der Waals surface area (Å²) in [7, 11) is 2.29. The largest absolute Gasteiger partial charge is 0.330 e. The summed E-state index contributed by atoms with van der Waals surface area (Å²) in [6, 6.07) is 0.845. The van der Waals surface area contributed by atoms with Gasteiger partial charge in [-0.15, -0.1) is 0 Å². The average Bonchev–Trinajstić information content (AvgIpc) is 2.53. The zero-order valence-electron chi connectivity index (χ0n) is 10.5. The Morgan fingerprint density at radius 3 is 2.33 bits per heavy atom. The van der Waals surface area contributed by atoms with E-state index in [0.29, 0.717) is 5.92 Å². The highest BCUT2D eigenvalue weighted by atomic mass is 15.1. The van der Waals surface area contributed by atoms with Gasteiger partial charge in [-0.25, -0.2) is 0 Å². The van der Waals surface area contributed by atoms with Crippen LogP contribution in [0, 0.1) is 5.92 Å². The molecular formula is C13H28N2. The van der Waals surface area contributed by atoms with Gasteiger partial charge in [0.25, 0.3) is 0 Å². The predicted octanol–water partition coefficient (Wildman–Crippen LogP) is 2.63. The van der Waals surface area contributed by atoms with Crippen molar-refractivity contribution in [3.8, 4) is 0 Å². The summed E-state index contributed by atoms with van der Waals surface area (Å²) < 4.78 is 0. The molecule has 0 radical (unpaired) electrons. The molecule has 1 atom stereocenters. The minimum atomic E-state index is 0.679. The van der Waals surface area contributed by atoms with Crippen LogP contribution < -0.4 is 5.73 Å². The van der Waals surface area contributed by atoms with Gasteiger partial charge in [0, 0.05) is 6.04 Å². The molecule has 0 spiro atoms. The number of nitrogens with two attached hydrogens (primary N) is 1. The molecule has 0 amide bonds. The summed E-state index contributed by atoms with van der Waals surface area (Å²) in [4.78, 5) is 2.57. The maximum Gasteiger partial charge on any atom is 0.00922 e. The Hall–Kier alpha value is -0.0800. The van der Waals surface area contributed by atoms with Crippen molar-refractivity contribution in [1.82, 2.24) is 4.90 Å². The van der Waals surface area contributed by atoms with Crippen LogP contribution in [0.25, 0.3) is 0 Å². The smallest absolute Gasteiger partial charge is 0.00922 e. The molecule has 0 bridgehead atoms. The van der Waals surface area contributed by atoms with Gasteiger partial charge < -0.3 is 10.6 Å². The van der Waals surface area contributed by atoms with E-state index >= 15 is 0 Å². The van der Waals surface area contributed by atoms with E-state index in [9.17, 15) is 0 Å². The molecule has 90 valence electrons. The molecule has 2 nitrogen and oxygen atoms in total. The molecule has 1 rings (SSSR count). The molecule has 1 aliphatic rings. The van der Waals surface area contributed by atoms with Gasteiger partial charge in [-0.2, -0.15) is 0 Å². The number of hydrogen-bond donors (Lipinski definition) is 1. The standard InChI is InChI=1S/C13H28N2/c1-12(11-14)9-10-15(2)13-7-5-3-4-6-8-13/h12-13H,3-11,14H2,1-2H3. The number of hydrogen-bond acceptors (Lipinski definition) is 2. The van der Waals surface area contributed by atoms with Crippen molar-refractivity contribution in [1.29, 1.82) is 0 Å². The van der Waals surface area contributed by atoms with E-state index in [2.05, 4.69) is 18.9 Å². The van der Waals surface area contributed by atoms with E-state index in [1.54, 1.807) is 0 Å². The maximum absolute atomic E-state index is 5.64. The van der Waals surface area contributed by atoms with Gasteiger partial charge in [0.2, 0.25) is 0 Å². The van der Waals surface area contributed by atoms with Crippen LogP contribution in [0.5, 0.6) is 0 Å². The van der Waals surface area contributed by atoms with Gasteiger partial charge in [-0.05, 0) is 45.3 Å². The van der Waals surface area contributed by atoms with Crippen LogP contribution in [0.1, 0.15) is 51.9 Å². The first kappa shape index (κ1) is 13.0. The lowest BCUT2D eigenvalue weighted by Gasteiger charge is -2.27. The molecule has 2 heteroatoms. The topological polar surface area (TPSA) is 29.3 Å². The fourth-order valence-corrected chi connectivity index (χ4v) is 2.42. The van der Waals surface area contributed by atoms with Gasteiger partial charge in [-0.3, -0.25) is 0 Å². The van der Waals surface area contributed by atoms with Crippen LogP contribution >= 0.6 is 0 Å². The minimum Gasteiger partial charge on any atom is -0.330 e. The highest BCUT2D eigenvalue weighted by Gasteiger charge is 2.16. The summed E-state index contributed by atoms with van der Waals surface area (Å²) >= 11 is 0. The second-order valence-electron chi connectivity index (χ2n) is 5.26. The molecule has 1 unspecified atom stereocenters. The van der Waals surface area contributed by atoms with Gasteiger partial charge in [0.05, 0.1) is 0 Å². The van der Waals surface area contributed by atoms with E-state index < -0.39 is 0 Å². The molecule has 1 aliphatic carbocycles. The molecule has 1 fully saturated rings. The predicted molar refractivity (Wildman–Crippen MR) is 67.0 cm³/mol. The Morgan fingerprint density at radius 2 is 1.80 bits per heavy atom. The quantitative estimate of drug-likeness (QED) is 0.710. The van der Waals surface area contributed by atoms with Crippen LogP contribution in [0.2, 0.25) is 0 Å². The second kappa shape index (κ2) is 7.24. The van der Waals surface area contributed by atoms with E-state index in [1.807, 2.05) is 0 Å². The van der Waals surface area contributed by atoms with Crippen LogP contribution in [0.15, 0.2) is 0 Å². The third-order valence-corrected chi connectivity index (χ3v) is 3.83. The Labute approximate surface area is 95.2 Å². The first-order valence-corrected chi connectivity index (χ1v) is 6.64. The summed E-state index contributed by atoms with van der Waals surface area (Å²) in [5.41, 5.74) is 5.64. The monoisotopic (exact) mass is 212 g/mol. The molecule has 0 aromatic rings. The normalized spacial score (nSPS) is 21.6. The van der Waals surface area contributed by atoms with Crippen LogP contribution in [0.4, 0.5) is 0 Å². The highest BCUT2D eigenvalue weighted by Crippen LogP contribution is 2.21. The highest BCUT2D eigenvalue weighted by molar-refractivity contribution is 4.72. The number of rotatable bonds is 5. The second-order valence-corrected chi connectivity index (χ2v) is 5.26. The molecule has 0 heterocycles. The molecule has 2 N–H and O–H groups in total. The van der Waals surface area contributed by atoms with Crippen molar-refractivity contribution in [2.75, 3.05) is 20.1 Å². The zero-order chi connectivity index (χ0) is 11.1. The first-order chi connectivity index (χ1) is 7.24. The first-order valence-electron chi connectivity index (χ1n) is 6.64. The van der Waals surface area contributed by atoms with E-state index in [0.717, 1.165) is 12.6 Å². The van der Waals surface area contributed by atoms with Gasteiger partial charge >= 0.3 is 0 Å². The van der Waals surface area contributed by atoms with E-state index in [1.165, 1.54) is 51.5 Å². The lowest BCUT2D eigenvalue weighted by molar-refractivity contribution is 0.209. The van der Waals surface area contributed by atoms with Crippen molar-refractivity contribution in [3.63, 3.8) is 0 Å². The van der Waals surface area contributed by atoms with Crippen molar-refractivity contribution in [2.45, 2.75) is 57.9 Å². The third kappa shape index (κ3) is 4.98. The summed E-state index contributed by atoms with van der Waals surface area (Å²) in [6.45, 7) is 4.31. The van der Waals surface area contributed by atoms with E-state index in [4.69, 9.17) is 5.73 Å².